The van der Waals surface area contributed by atoms with Crippen molar-refractivity contribution in [2.45, 2.75) is 26.6 Å². The van der Waals surface area contributed by atoms with Crippen molar-refractivity contribution >= 4 is 16.6 Å². The molecule has 16 heavy (non-hydrogen) atoms. The van der Waals surface area contributed by atoms with Gasteiger partial charge in [0.15, 0.2) is 0 Å². The van der Waals surface area contributed by atoms with Crippen LogP contribution < -0.4 is 5.73 Å². The highest BCUT2D eigenvalue weighted by Gasteiger charge is 2.07. The van der Waals surface area contributed by atoms with Crippen LogP contribution in [0.15, 0.2) is 24.4 Å². The number of hydrogen-bond donors (Lipinski definition) is 1. The Balaban J connectivity index is 2.41. The molecular weight excluding hydrogens is 200 g/mol. The number of rotatable bonds is 3. The summed E-state index contributed by atoms with van der Waals surface area (Å²) in [5.41, 5.74) is 8.99. The molecule has 0 spiro atoms. The molecule has 2 N–H and O–H groups in total. The molecule has 3 nitrogen and oxygen atoms in total. The van der Waals surface area contributed by atoms with E-state index in [1.807, 2.05) is 39.1 Å². The third-order valence-electron chi connectivity index (χ3n) is 2.67. The lowest BCUT2D eigenvalue weighted by Crippen LogP contribution is -2.01. The number of nitrogens with zero attached hydrogens (tertiary/aromatic N) is 1. The van der Waals surface area contributed by atoms with E-state index in [0.29, 0.717) is 6.61 Å². The largest absolute Gasteiger partial charge is 0.399 e. The summed E-state index contributed by atoms with van der Waals surface area (Å²) in [6, 6.07) is 5.98. The van der Waals surface area contributed by atoms with Crippen LogP contribution in [0.25, 0.3) is 10.9 Å². The quantitative estimate of drug-likeness (QED) is 0.805. The molecule has 0 amide bonds. The van der Waals surface area contributed by atoms with E-state index < -0.39 is 0 Å². The van der Waals surface area contributed by atoms with Crippen molar-refractivity contribution in [1.82, 2.24) is 4.57 Å². The second-order valence-corrected chi connectivity index (χ2v) is 4.40. The molecule has 0 aliphatic carbocycles. The number of benzene rings is 1. The van der Waals surface area contributed by atoms with Crippen LogP contribution in [0.1, 0.15) is 19.4 Å². The van der Waals surface area contributed by atoms with E-state index in [4.69, 9.17) is 10.5 Å². The van der Waals surface area contributed by atoms with Gasteiger partial charge >= 0.3 is 0 Å². The first-order valence-corrected chi connectivity index (χ1v) is 5.53. The number of hydrogen-bond acceptors (Lipinski definition) is 2. The highest BCUT2D eigenvalue weighted by Crippen LogP contribution is 2.23. The monoisotopic (exact) mass is 218 g/mol. The van der Waals surface area contributed by atoms with Gasteiger partial charge in [-0.1, -0.05) is 0 Å². The molecule has 86 valence electrons. The maximum absolute atomic E-state index is 5.81. The average Bonchev–Trinajstić information content (AvgIpc) is 2.52. The minimum Gasteiger partial charge on any atom is -0.399 e. The van der Waals surface area contributed by atoms with Gasteiger partial charge in [-0.15, -0.1) is 0 Å². The van der Waals surface area contributed by atoms with Crippen molar-refractivity contribution in [2.24, 2.45) is 7.05 Å². The zero-order valence-corrected chi connectivity index (χ0v) is 10.0. The van der Waals surface area contributed by atoms with Crippen molar-refractivity contribution in [3.8, 4) is 0 Å². The van der Waals surface area contributed by atoms with Gasteiger partial charge in [-0.05, 0) is 32.0 Å². The Kier molecular flexibility index (Phi) is 2.88. The summed E-state index contributed by atoms with van der Waals surface area (Å²) in [6.45, 7) is 4.72. The van der Waals surface area contributed by atoms with Gasteiger partial charge in [0.05, 0.1) is 12.7 Å². The second kappa shape index (κ2) is 4.18. The van der Waals surface area contributed by atoms with Gasteiger partial charge in [0.2, 0.25) is 0 Å². The first kappa shape index (κ1) is 11.0. The molecule has 0 saturated heterocycles. The van der Waals surface area contributed by atoms with Crippen LogP contribution in [0, 0.1) is 0 Å². The molecule has 0 unspecified atom stereocenters. The van der Waals surface area contributed by atoms with E-state index in [1.54, 1.807) is 0 Å². The van der Waals surface area contributed by atoms with Crippen molar-refractivity contribution in [3.05, 3.63) is 30.0 Å². The highest BCUT2D eigenvalue weighted by molar-refractivity contribution is 5.86. The lowest BCUT2D eigenvalue weighted by atomic mass is 10.1. The number of nitrogens with two attached hydrogens (primary N) is 1. The Morgan fingerprint density at radius 2 is 2.12 bits per heavy atom. The Morgan fingerprint density at radius 3 is 2.81 bits per heavy atom. The van der Waals surface area contributed by atoms with Gasteiger partial charge in [-0.3, -0.25) is 0 Å². The number of ether oxygens (including phenoxy) is 1. The number of nitrogen functional groups attached to an aromatic ring is 1. The summed E-state index contributed by atoms with van der Waals surface area (Å²) in [7, 11) is 2.04. The third kappa shape index (κ3) is 2.04. The van der Waals surface area contributed by atoms with Crippen molar-refractivity contribution in [3.63, 3.8) is 0 Å². The van der Waals surface area contributed by atoms with Gasteiger partial charge in [-0.25, -0.2) is 0 Å². The molecule has 2 rings (SSSR count). The minimum atomic E-state index is 0.247. The number of fused-ring (bicyclic) bond motifs is 1. The summed E-state index contributed by atoms with van der Waals surface area (Å²) in [4.78, 5) is 0. The fourth-order valence-electron chi connectivity index (χ4n) is 1.86. The Bertz CT molecular complexity index is 500. The third-order valence-corrected chi connectivity index (χ3v) is 2.67. The Labute approximate surface area is 95.8 Å². The van der Waals surface area contributed by atoms with Gasteiger partial charge in [0.25, 0.3) is 0 Å². The van der Waals surface area contributed by atoms with E-state index in [2.05, 4.69) is 10.8 Å². The van der Waals surface area contributed by atoms with Crippen LogP contribution in [0.5, 0.6) is 0 Å². The zero-order chi connectivity index (χ0) is 11.7. The maximum atomic E-state index is 5.81. The van der Waals surface area contributed by atoms with Crippen molar-refractivity contribution < 1.29 is 4.74 Å². The standard InChI is InChI=1S/C13H18N2O/c1-9(2)16-8-10-7-15(3)13-5-4-11(14)6-12(10)13/h4-7,9H,8,14H2,1-3H3. The zero-order valence-electron chi connectivity index (χ0n) is 10.0. The summed E-state index contributed by atoms with van der Waals surface area (Å²) in [6.07, 6.45) is 2.35. The predicted octanol–water partition coefficient (Wildman–Crippen LogP) is 2.69. The first-order chi connectivity index (χ1) is 7.58. The maximum Gasteiger partial charge on any atom is 0.0741 e. The molecule has 0 aliphatic rings. The molecule has 0 bridgehead atoms. The number of aryl methyl sites for hydroxylation is 1. The molecule has 1 heterocycles. The molecule has 0 saturated carbocycles. The van der Waals surface area contributed by atoms with Crippen LogP contribution >= 0.6 is 0 Å². The molecule has 0 fully saturated rings. The van der Waals surface area contributed by atoms with Gasteiger partial charge in [0, 0.05) is 35.4 Å². The van der Waals surface area contributed by atoms with Crippen LogP contribution in [0.4, 0.5) is 5.69 Å². The van der Waals surface area contributed by atoms with Crippen LogP contribution in [-0.4, -0.2) is 10.7 Å². The number of aromatic nitrogens is 1. The minimum absolute atomic E-state index is 0.247. The first-order valence-electron chi connectivity index (χ1n) is 5.53. The van der Waals surface area contributed by atoms with E-state index in [0.717, 1.165) is 5.69 Å². The Hall–Kier alpha value is -1.48. The van der Waals surface area contributed by atoms with Crippen molar-refractivity contribution in [2.75, 3.05) is 5.73 Å². The van der Waals surface area contributed by atoms with Crippen LogP contribution in [-0.2, 0) is 18.4 Å². The molecule has 1 aromatic carbocycles. The van der Waals surface area contributed by atoms with E-state index >= 15 is 0 Å². The smallest absolute Gasteiger partial charge is 0.0741 e. The van der Waals surface area contributed by atoms with Crippen molar-refractivity contribution in [1.29, 1.82) is 0 Å². The molecule has 0 aliphatic heterocycles. The molecule has 0 atom stereocenters. The van der Waals surface area contributed by atoms with E-state index in [1.165, 1.54) is 16.5 Å². The molecule has 2 aromatic rings. The summed E-state index contributed by atoms with van der Waals surface area (Å²) in [5.74, 6) is 0. The predicted molar refractivity (Wildman–Crippen MR) is 67.3 cm³/mol. The summed E-state index contributed by atoms with van der Waals surface area (Å²) in [5, 5.41) is 1.18. The molecular formula is C13H18N2O. The molecule has 0 radical (unpaired) electrons. The fourth-order valence-corrected chi connectivity index (χ4v) is 1.86. The fraction of sp³-hybridized carbons (Fsp3) is 0.385. The highest BCUT2D eigenvalue weighted by atomic mass is 16.5. The van der Waals surface area contributed by atoms with Gasteiger partial charge in [-0.2, -0.15) is 0 Å². The Morgan fingerprint density at radius 1 is 1.38 bits per heavy atom. The second-order valence-electron chi connectivity index (χ2n) is 4.40. The van der Waals surface area contributed by atoms with E-state index in [9.17, 15) is 0 Å². The summed E-state index contributed by atoms with van der Waals surface area (Å²) < 4.78 is 7.74. The molecule has 1 aromatic heterocycles. The lowest BCUT2D eigenvalue weighted by molar-refractivity contribution is 0.0663. The van der Waals surface area contributed by atoms with E-state index in [-0.39, 0.29) is 6.10 Å². The normalized spacial score (nSPS) is 11.5. The molecule has 3 heteroatoms. The van der Waals surface area contributed by atoms with Gasteiger partial charge in [0.1, 0.15) is 0 Å². The van der Waals surface area contributed by atoms with Crippen LogP contribution in [0.3, 0.4) is 0 Å². The average molecular weight is 218 g/mol. The topological polar surface area (TPSA) is 40.2 Å². The van der Waals surface area contributed by atoms with Crippen LogP contribution in [0.2, 0.25) is 0 Å². The summed E-state index contributed by atoms with van der Waals surface area (Å²) >= 11 is 0. The number of anilines is 1. The lowest BCUT2D eigenvalue weighted by Gasteiger charge is -2.06. The van der Waals surface area contributed by atoms with Gasteiger partial charge < -0.3 is 15.0 Å². The SMILES string of the molecule is CC(C)OCc1cn(C)c2ccc(N)cc12.